The number of carbonyl (C=O) groups excluding carboxylic acids is 1. The third-order valence-corrected chi connectivity index (χ3v) is 10.3. The molecule has 0 aliphatic heterocycles. The van der Waals surface area contributed by atoms with E-state index in [0.717, 1.165) is 44.9 Å². The summed E-state index contributed by atoms with van der Waals surface area (Å²) in [5, 5.41) is 20.2. The van der Waals surface area contributed by atoms with E-state index in [1.54, 1.807) is 18.4 Å². The van der Waals surface area contributed by atoms with Crippen molar-refractivity contribution in [2.45, 2.75) is 180 Å². The molecule has 332 valence electrons. The van der Waals surface area contributed by atoms with Gasteiger partial charge in [-0.25, -0.2) is 4.57 Å². The number of aliphatic hydroxyl groups excluding tert-OH is 2. The minimum absolute atomic E-state index is 0.0342. The van der Waals surface area contributed by atoms with Gasteiger partial charge in [0.2, 0.25) is 0 Å². The molecule has 0 aromatic carbocycles. The first kappa shape index (κ1) is 55.0. The summed E-state index contributed by atoms with van der Waals surface area (Å²) in [6.45, 7) is 4.56. The molecule has 0 spiro atoms. The van der Waals surface area contributed by atoms with Crippen molar-refractivity contribution in [3.05, 3.63) is 60.9 Å². The fraction of sp³-hybridized carbons (Fsp3) is 0.761. The number of quaternary nitrogens is 1. The maximum atomic E-state index is 12.7. The lowest BCUT2D eigenvalue weighted by Crippen LogP contribution is -2.37. The topological polar surface area (TPSA) is 132 Å². The number of ether oxygens (including phenoxy) is 2. The number of esters is 1. The van der Waals surface area contributed by atoms with E-state index in [0.29, 0.717) is 23.9 Å². The van der Waals surface area contributed by atoms with E-state index in [2.05, 4.69) is 13.8 Å². The van der Waals surface area contributed by atoms with E-state index >= 15 is 0 Å². The minimum atomic E-state index is -4.36. The largest absolute Gasteiger partial charge is 0.498 e. The van der Waals surface area contributed by atoms with Crippen molar-refractivity contribution >= 4 is 13.8 Å². The molecule has 0 aliphatic carbocycles. The van der Waals surface area contributed by atoms with Crippen LogP contribution in [-0.4, -0.2) is 91.4 Å². The molecule has 0 rings (SSSR count). The van der Waals surface area contributed by atoms with Crippen molar-refractivity contribution in [1.29, 1.82) is 0 Å². The van der Waals surface area contributed by atoms with Crippen LogP contribution in [0.4, 0.5) is 0 Å². The zero-order valence-corrected chi connectivity index (χ0v) is 37.7. The minimum Gasteiger partial charge on any atom is -0.498 e. The Morgan fingerprint density at radius 3 is 1.70 bits per heavy atom. The van der Waals surface area contributed by atoms with Crippen LogP contribution < -0.4 is 0 Å². The predicted molar refractivity (Wildman–Crippen MR) is 236 cm³/mol. The number of phosphoric ester groups is 1. The number of allylic oxidation sites excluding steroid dienone is 7. The third-order valence-electron chi connectivity index (χ3n) is 9.35. The zero-order valence-electron chi connectivity index (χ0n) is 36.8. The van der Waals surface area contributed by atoms with E-state index in [9.17, 15) is 24.5 Å². The molecule has 0 amide bonds. The molecule has 11 heteroatoms. The van der Waals surface area contributed by atoms with Gasteiger partial charge in [0.1, 0.15) is 19.8 Å². The molecule has 3 N–H and O–H groups in total. The van der Waals surface area contributed by atoms with Crippen LogP contribution in [0.3, 0.4) is 0 Å². The van der Waals surface area contributed by atoms with Crippen molar-refractivity contribution in [1.82, 2.24) is 0 Å². The predicted octanol–water partition coefficient (Wildman–Crippen LogP) is 11.2. The first-order valence-corrected chi connectivity index (χ1v) is 23.8. The first-order valence-electron chi connectivity index (χ1n) is 22.3. The van der Waals surface area contributed by atoms with E-state index < -0.39 is 32.1 Å². The van der Waals surface area contributed by atoms with E-state index in [4.69, 9.17) is 18.5 Å². The number of phosphoric acid groups is 1. The summed E-state index contributed by atoms with van der Waals surface area (Å²) in [5.74, 6) is -0.511. The summed E-state index contributed by atoms with van der Waals surface area (Å²) >= 11 is 0. The lowest BCUT2D eigenvalue weighted by Gasteiger charge is -2.24. The average molecular weight is 827 g/mol. The Labute approximate surface area is 348 Å². The number of unbranched alkanes of at least 4 members (excludes halogenated alkanes) is 16. The zero-order chi connectivity index (χ0) is 42.3. The Morgan fingerprint density at radius 1 is 0.649 bits per heavy atom. The van der Waals surface area contributed by atoms with Crippen LogP contribution in [0.1, 0.15) is 162 Å². The van der Waals surface area contributed by atoms with E-state index in [1.165, 1.54) is 83.5 Å². The number of likely N-dealkylation sites (N-methyl/N-ethyl adjacent to an activating group) is 1. The van der Waals surface area contributed by atoms with Crippen molar-refractivity contribution < 1.29 is 47.5 Å². The molecule has 0 radical (unpaired) electrons. The van der Waals surface area contributed by atoms with Gasteiger partial charge >= 0.3 is 13.8 Å². The van der Waals surface area contributed by atoms with Gasteiger partial charge in [-0.1, -0.05) is 165 Å². The third kappa shape index (κ3) is 41.9. The maximum absolute atomic E-state index is 12.7. The summed E-state index contributed by atoms with van der Waals surface area (Å²) in [6.07, 6.45) is 41.3. The Balaban J connectivity index is 4.54. The molecule has 0 aliphatic rings. The highest BCUT2D eigenvalue weighted by Crippen LogP contribution is 2.43. The number of carbonyl (C=O) groups is 1. The second-order valence-corrected chi connectivity index (χ2v) is 17.7. The molecule has 1 unspecified atom stereocenters. The van der Waals surface area contributed by atoms with Crippen molar-refractivity contribution in [3.8, 4) is 0 Å². The van der Waals surface area contributed by atoms with E-state index in [-0.39, 0.29) is 26.2 Å². The second-order valence-electron chi connectivity index (χ2n) is 16.2. The van der Waals surface area contributed by atoms with Crippen LogP contribution in [0, 0.1) is 0 Å². The van der Waals surface area contributed by atoms with Gasteiger partial charge in [-0.2, -0.15) is 0 Å². The van der Waals surface area contributed by atoms with Crippen molar-refractivity contribution in [2.75, 3.05) is 47.5 Å². The molecule has 10 nitrogen and oxygen atoms in total. The van der Waals surface area contributed by atoms with Gasteiger partial charge in [0.05, 0.1) is 46.2 Å². The quantitative estimate of drug-likeness (QED) is 0.0138. The number of nitrogens with zero attached hydrogens (tertiary/aromatic N) is 1. The number of aliphatic hydroxyl groups is 2. The molecule has 0 fully saturated rings. The molecule has 0 bridgehead atoms. The van der Waals surface area contributed by atoms with Gasteiger partial charge in [0.25, 0.3) is 0 Å². The highest BCUT2D eigenvalue weighted by Gasteiger charge is 2.26. The second kappa shape index (κ2) is 38.2. The van der Waals surface area contributed by atoms with Gasteiger partial charge in [-0.05, 0) is 44.6 Å². The van der Waals surface area contributed by atoms with Gasteiger partial charge in [-0.15, -0.1) is 0 Å². The van der Waals surface area contributed by atoms with Crippen molar-refractivity contribution in [3.63, 3.8) is 0 Å². The van der Waals surface area contributed by atoms with Crippen LogP contribution in [0.5, 0.6) is 0 Å². The fourth-order valence-corrected chi connectivity index (χ4v) is 6.53. The molecule has 0 saturated heterocycles. The lowest BCUT2D eigenvalue weighted by atomic mass is 10.0. The number of hydrogen-bond donors (Lipinski definition) is 3. The molecule has 57 heavy (non-hydrogen) atoms. The highest BCUT2D eigenvalue weighted by atomic mass is 31.2. The van der Waals surface area contributed by atoms with Crippen molar-refractivity contribution in [2.24, 2.45) is 0 Å². The maximum Gasteiger partial charge on any atom is 0.472 e. The monoisotopic (exact) mass is 827 g/mol. The molecular weight excluding hydrogens is 741 g/mol. The SMILES string of the molecule is CCCCCCCCCCCCCCCC/C=C/OC[C@H](COP(=O)(O)OCC[N+](C)(C)C)OC(=O)CCC[C@H](O)/C=C/C=C\C/C=C\C=C\[C@H](O)CCCCC. The van der Waals surface area contributed by atoms with Gasteiger partial charge in [-0.3, -0.25) is 13.8 Å². The molecule has 0 aromatic rings. The highest BCUT2D eigenvalue weighted by molar-refractivity contribution is 7.47. The van der Waals surface area contributed by atoms with E-state index in [1.807, 2.05) is 63.7 Å². The van der Waals surface area contributed by atoms with Gasteiger partial charge in [0, 0.05) is 6.42 Å². The standard InChI is InChI=1S/C46H84NO9P/c1-6-8-10-11-12-13-14-15-16-17-18-19-20-24-27-31-39-53-41-45(42-55-57(51,52)54-40-38-47(3,4)5)56-46(50)37-32-36-44(49)35-30-26-23-21-22-25-29-34-43(48)33-28-9-7-2/h22-23,25-26,29-31,34-35,39,43-45,48-49H,6-21,24,27-28,32-33,36-38,40-42H2,1-5H3/p+1/b25-22-,26-23-,34-29+,35-30+,39-31+/t43-,44-,45-/m1/s1. The Bertz CT molecular complexity index is 1130. The molecule has 0 heterocycles. The number of rotatable bonds is 40. The normalized spacial score (nSPS) is 15.4. The van der Waals surface area contributed by atoms with Crippen LogP contribution in [0.2, 0.25) is 0 Å². The molecule has 4 atom stereocenters. The van der Waals surface area contributed by atoms with Crippen LogP contribution in [0.15, 0.2) is 60.9 Å². The Hall–Kier alpha value is -2.04. The Morgan fingerprint density at radius 2 is 1.16 bits per heavy atom. The Kier molecular flexibility index (Phi) is 36.8. The summed E-state index contributed by atoms with van der Waals surface area (Å²) in [6, 6.07) is 0. The lowest BCUT2D eigenvalue weighted by molar-refractivity contribution is -0.870. The van der Waals surface area contributed by atoms with Crippen LogP contribution in [0.25, 0.3) is 0 Å². The smallest absolute Gasteiger partial charge is 0.472 e. The molecular formula is C46H85NO9P+. The first-order chi connectivity index (χ1) is 27.4. The van der Waals surface area contributed by atoms with Gasteiger partial charge in [0.15, 0.2) is 6.10 Å². The summed E-state index contributed by atoms with van der Waals surface area (Å²) in [5.41, 5.74) is 0. The van der Waals surface area contributed by atoms with Crippen LogP contribution in [-0.2, 0) is 27.9 Å². The van der Waals surface area contributed by atoms with Gasteiger partial charge < -0.3 is 29.1 Å². The number of hydrogen-bond acceptors (Lipinski definition) is 8. The molecule has 0 saturated carbocycles. The molecule has 0 aromatic heterocycles. The van der Waals surface area contributed by atoms with Crippen LogP contribution >= 0.6 is 7.82 Å². The summed E-state index contributed by atoms with van der Waals surface area (Å²) in [7, 11) is 1.48. The summed E-state index contributed by atoms with van der Waals surface area (Å²) < 4.78 is 34.5. The summed E-state index contributed by atoms with van der Waals surface area (Å²) in [4.78, 5) is 22.9. The fourth-order valence-electron chi connectivity index (χ4n) is 5.79. The average Bonchev–Trinajstić information content (AvgIpc) is 3.15.